The van der Waals surface area contributed by atoms with Crippen LogP contribution in [0.1, 0.15) is 29.0 Å². The van der Waals surface area contributed by atoms with Crippen molar-refractivity contribution >= 4 is 23.0 Å². The number of carbonyl (C=O) groups is 1. The van der Waals surface area contributed by atoms with Gasteiger partial charge in [0.15, 0.2) is 5.78 Å². The molecule has 1 aliphatic rings. The Bertz CT molecular complexity index is 843. The second kappa shape index (κ2) is 6.56. The van der Waals surface area contributed by atoms with Gasteiger partial charge in [-0.2, -0.15) is 13.2 Å². The van der Waals surface area contributed by atoms with Crippen LogP contribution >= 0.6 is 11.6 Å². The molecule has 2 aromatic rings. The zero-order valence-electron chi connectivity index (χ0n) is 13.3. The number of halogens is 4. The van der Waals surface area contributed by atoms with Gasteiger partial charge in [0, 0.05) is 29.8 Å². The first-order valence-corrected chi connectivity index (χ1v) is 8.07. The number of nitrogens with one attached hydrogen (secondary N) is 1. The molecule has 6 heteroatoms. The van der Waals surface area contributed by atoms with E-state index in [-0.39, 0.29) is 21.9 Å². The Morgan fingerprint density at radius 2 is 1.80 bits per heavy atom. The largest absolute Gasteiger partial charge is 0.416 e. The van der Waals surface area contributed by atoms with E-state index < -0.39 is 17.7 Å². The SMILES string of the molecule is CNC1=C(c2cc(Cl)cc(C(F)(F)F)c2)C(=O)C(c2ccccc2)C1. The van der Waals surface area contributed by atoms with Crippen LogP contribution in [0, 0.1) is 0 Å². The standard InChI is InChI=1S/C19H15ClF3NO/c1-24-16-10-15(11-5-3-2-4-6-11)18(25)17(16)12-7-13(19(21,22)23)9-14(20)8-12/h2-9,15,24H,10H2,1H3. The van der Waals surface area contributed by atoms with E-state index >= 15 is 0 Å². The monoisotopic (exact) mass is 365 g/mol. The third-order valence-electron chi connectivity index (χ3n) is 4.29. The summed E-state index contributed by atoms with van der Waals surface area (Å²) in [6, 6.07) is 12.4. The summed E-state index contributed by atoms with van der Waals surface area (Å²) in [5.74, 6) is -0.613. The maximum absolute atomic E-state index is 13.1. The number of hydrogen-bond donors (Lipinski definition) is 1. The van der Waals surface area contributed by atoms with Gasteiger partial charge in [-0.3, -0.25) is 4.79 Å². The number of allylic oxidation sites excluding steroid dienone is 2. The average Bonchev–Trinajstić information content (AvgIpc) is 2.91. The summed E-state index contributed by atoms with van der Waals surface area (Å²) in [6.45, 7) is 0. The number of carbonyl (C=O) groups excluding carboxylic acids is 1. The molecule has 1 atom stereocenters. The molecule has 130 valence electrons. The molecule has 0 radical (unpaired) electrons. The van der Waals surface area contributed by atoms with Crippen LogP contribution in [0.2, 0.25) is 5.02 Å². The van der Waals surface area contributed by atoms with Crippen LogP contribution in [0.25, 0.3) is 5.57 Å². The summed E-state index contributed by atoms with van der Waals surface area (Å²) >= 11 is 5.87. The van der Waals surface area contributed by atoms with Crippen LogP contribution in [0.5, 0.6) is 0 Å². The molecule has 0 saturated carbocycles. The van der Waals surface area contributed by atoms with Crippen LogP contribution in [0.15, 0.2) is 54.2 Å². The predicted octanol–water partition coefficient (Wildman–Crippen LogP) is 5.05. The maximum atomic E-state index is 13.1. The van der Waals surface area contributed by atoms with Gasteiger partial charge >= 0.3 is 6.18 Å². The Labute approximate surface area is 148 Å². The summed E-state index contributed by atoms with van der Waals surface area (Å²) in [4.78, 5) is 12.9. The molecule has 0 aromatic heterocycles. The highest BCUT2D eigenvalue weighted by Gasteiger charge is 2.36. The summed E-state index contributed by atoms with van der Waals surface area (Å²) in [6.07, 6.45) is -4.11. The Hall–Kier alpha value is -2.27. The third kappa shape index (κ3) is 3.42. The molecule has 0 saturated heterocycles. The van der Waals surface area contributed by atoms with Crippen LogP contribution in [0.3, 0.4) is 0 Å². The highest BCUT2D eigenvalue weighted by atomic mass is 35.5. The second-order valence-corrected chi connectivity index (χ2v) is 6.30. The number of ketones is 1. The van der Waals surface area contributed by atoms with Gasteiger partial charge < -0.3 is 5.32 Å². The third-order valence-corrected chi connectivity index (χ3v) is 4.51. The smallest absolute Gasteiger partial charge is 0.391 e. The highest BCUT2D eigenvalue weighted by Crippen LogP contribution is 2.41. The highest BCUT2D eigenvalue weighted by molar-refractivity contribution is 6.32. The number of rotatable bonds is 3. The van der Waals surface area contributed by atoms with Crippen molar-refractivity contribution in [2.45, 2.75) is 18.5 Å². The maximum Gasteiger partial charge on any atom is 0.416 e. The Balaban J connectivity index is 2.06. The molecule has 0 aliphatic heterocycles. The first-order chi connectivity index (χ1) is 11.8. The Kier molecular flexibility index (Phi) is 4.60. The number of Topliss-reactive ketones (excluding diaryl/α,β-unsaturated/α-hetero) is 1. The molecule has 0 bridgehead atoms. The van der Waals surface area contributed by atoms with E-state index in [0.717, 1.165) is 17.7 Å². The van der Waals surface area contributed by atoms with Gasteiger partial charge in [-0.25, -0.2) is 0 Å². The summed E-state index contributed by atoms with van der Waals surface area (Å²) in [5, 5.41) is 2.90. The number of alkyl halides is 3. The fourth-order valence-electron chi connectivity index (χ4n) is 3.12. The van der Waals surface area contributed by atoms with E-state index in [0.29, 0.717) is 12.1 Å². The second-order valence-electron chi connectivity index (χ2n) is 5.86. The van der Waals surface area contributed by atoms with Crippen LogP contribution in [0.4, 0.5) is 13.2 Å². The van der Waals surface area contributed by atoms with Crippen molar-refractivity contribution in [1.29, 1.82) is 0 Å². The van der Waals surface area contributed by atoms with Crippen molar-refractivity contribution in [2.75, 3.05) is 7.05 Å². The fourth-order valence-corrected chi connectivity index (χ4v) is 3.35. The van der Waals surface area contributed by atoms with Gasteiger partial charge in [-0.05, 0) is 29.3 Å². The van der Waals surface area contributed by atoms with Gasteiger partial charge in [-0.1, -0.05) is 41.9 Å². The van der Waals surface area contributed by atoms with Crippen LogP contribution in [-0.2, 0) is 11.0 Å². The normalized spacial score (nSPS) is 18.0. The van der Waals surface area contributed by atoms with E-state index in [2.05, 4.69) is 5.32 Å². The Morgan fingerprint density at radius 1 is 1.12 bits per heavy atom. The van der Waals surface area contributed by atoms with Crippen molar-refractivity contribution in [2.24, 2.45) is 0 Å². The minimum absolute atomic E-state index is 0.0521. The van der Waals surface area contributed by atoms with Crippen molar-refractivity contribution in [1.82, 2.24) is 5.32 Å². The molecule has 0 amide bonds. The summed E-state index contributed by atoms with van der Waals surface area (Å²) in [7, 11) is 1.66. The van der Waals surface area contributed by atoms with Crippen molar-refractivity contribution in [3.05, 3.63) is 75.9 Å². The lowest BCUT2D eigenvalue weighted by atomic mass is 9.92. The van der Waals surface area contributed by atoms with Gasteiger partial charge in [0.25, 0.3) is 0 Å². The van der Waals surface area contributed by atoms with E-state index in [4.69, 9.17) is 11.6 Å². The van der Waals surface area contributed by atoms with Gasteiger partial charge in [0.05, 0.1) is 11.5 Å². The summed E-state index contributed by atoms with van der Waals surface area (Å²) in [5.41, 5.74) is 1.05. The fraction of sp³-hybridized carbons (Fsp3) is 0.211. The molecular weight excluding hydrogens is 351 g/mol. The minimum Gasteiger partial charge on any atom is -0.391 e. The molecule has 0 heterocycles. The summed E-state index contributed by atoms with van der Waals surface area (Å²) < 4.78 is 39.2. The lowest BCUT2D eigenvalue weighted by molar-refractivity contribution is -0.137. The zero-order chi connectivity index (χ0) is 18.2. The van der Waals surface area contributed by atoms with Crippen molar-refractivity contribution < 1.29 is 18.0 Å². The predicted molar refractivity (Wildman–Crippen MR) is 91.2 cm³/mol. The lowest BCUT2D eigenvalue weighted by Crippen LogP contribution is -2.10. The van der Waals surface area contributed by atoms with Gasteiger partial charge in [-0.15, -0.1) is 0 Å². The van der Waals surface area contributed by atoms with Crippen LogP contribution < -0.4 is 5.32 Å². The average molecular weight is 366 g/mol. The minimum atomic E-state index is -4.53. The molecule has 2 aromatic carbocycles. The lowest BCUT2D eigenvalue weighted by Gasteiger charge is -2.12. The molecule has 2 nitrogen and oxygen atoms in total. The quantitative estimate of drug-likeness (QED) is 0.825. The molecule has 1 unspecified atom stereocenters. The number of hydrogen-bond acceptors (Lipinski definition) is 2. The molecule has 1 N–H and O–H groups in total. The molecule has 0 fully saturated rings. The molecule has 3 rings (SSSR count). The molecule has 1 aliphatic carbocycles. The first-order valence-electron chi connectivity index (χ1n) is 7.69. The van der Waals surface area contributed by atoms with E-state index in [1.165, 1.54) is 6.07 Å². The van der Waals surface area contributed by atoms with Gasteiger partial charge in [0.1, 0.15) is 0 Å². The zero-order valence-corrected chi connectivity index (χ0v) is 14.1. The van der Waals surface area contributed by atoms with E-state index in [1.807, 2.05) is 30.3 Å². The molecular formula is C19H15ClF3NO. The molecule has 0 spiro atoms. The van der Waals surface area contributed by atoms with E-state index in [9.17, 15) is 18.0 Å². The number of benzene rings is 2. The Morgan fingerprint density at radius 3 is 2.40 bits per heavy atom. The van der Waals surface area contributed by atoms with Crippen molar-refractivity contribution in [3.8, 4) is 0 Å². The molecule has 25 heavy (non-hydrogen) atoms. The topological polar surface area (TPSA) is 29.1 Å². The van der Waals surface area contributed by atoms with E-state index in [1.54, 1.807) is 7.05 Å². The van der Waals surface area contributed by atoms with Crippen molar-refractivity contribution in [3.63, 3.8) is 0 Å². The first kappa shape index (κ1) is 17.5. The van der Waals surface area contributed by atoms with Crippen LogP contribution in [-0.4, -0.2) is 12.8 Å². The van der Waals surface area contributed by atoms with Gasteiger partial charge in [0.2, 0.25) is 0 Å².